The van der Waals surface area contributed by atoms with Gasteiger partial charge in [-0.25, -0.2) is 14.8 Å². The lowest BCUT2D eigenvalue weighted by Gasteiger charge is -2.09. The Morgan fingerprint density at radius 2 is 2.00 bits per heavy atom. The molecule has 2 aromatic rings. The minimum atomic E-state index is -0.329. The second-order valence-electron chi connectivity index (χ2n) is 6.14. The van der Waals surface area contributed by atoms with Crippen molar-refractivity contribution < 1.29 is 9.53 Å². The first-order valence-electron chi connectivity index (χ1n) is 7.71. The van der Waals surface area contributed by atoms with Gasteiger partial charge in [0.05, 0.1) is 11.5 Å². The van der Waals surface area contributed by atoms with E-state index in [1.54, 1.807) is 0 Å². The summed E-state index contributed by atoms with van der Waals surface area (Å²) in [5.74, 6) is 0.943. The number of aryl methyl sites for hydroxylation is 1. The van der Waals surface area contributed by atoms with E-state index < -0.39 is 0 Å². The maximum Gasteiger partial charge on any atom is 0.348 e. The van der Waals surface area contributed by atoms with Crippen LogP contribution in [0.15, 0.2) is 0 Å². The number of thiophene rings is 1. The van der Waals surface area contributed by atoms with Crippen LogP contribution >= 0.6 is 22.9 Å². The van der Waals surface area contributed by atoms with E-state index >= 15 is 0 Å². The maximum atomic E-state index is 12.2. The Hall–Kier alpha value is -1.40. The number of anilines is 1. The van der Waals surface area contributed by atoms with Gasteiger partial charge in [-0.3, -0.25) is 0 Å². The number of halogens is 1. The predicted octanol–water partition coefficient (Wildman–Crippen LogP) is 4.68. The van der Waals surface area contributed by atoms with Crippen molar-refractivity contribution in [3.8, 4) is 0 Å². The summed E-state index contributed by atoms with van der Waals surface area (Å²) < 4.78 is 5.30. The third-order valence-electron chi connectivity index (χ3n) is 3.31. The molecule has 0 amide bonds. The Kier molecular flexibility index (Phi) is 5.81. The average molecular weight is 356 g/mol. The third-order valence-corrected chi connectivity index (χ3v) is 4.64. The molecule has 0 atom stereocenters. The number of aromatic nitrogens is 2. The van der Waals surface area contributed by atoms with Crippen LogP contribution in [0.25, 0.3) is 10.2 Å². The van der Waals surface area contributed by atoms with Crippen molar-refractivity contribution in [3.05, 3.63) is 15.7 Å². The minimum absolute atomic E-state index is 0.162. The van der Waals surface area contributed by atoms with E-state index in [0.717, 1.165) is 23.9 Å². The number of rotatable bonds is 6. The normalized spacial score (nSPS) is 11.5. The zero-order valence-electron chi connectivity index (χ0n) is 14.1. The average Bonchev–Trinajstić information content (AvgIpc) is 2.74. The highest BCUT2D eigenvalue weighted by Gasteiger charge is 2.22. The van der Waals surface area contributed by atoms with Gasteiger partial charge in [0.1, 0.15) is 15.5 Å². The van der Waals surface area contributed by atoms with E-state index in [4.69, 9.17) is 16.3 Å². The standard InChI is InChI=1S/C16H22ClN3O2S/c1-8(2)6-7-18-13-11-10(5)12(15(21)22-9(3)4)23-14(11)20-16(17)19-13/h8-9H,6-7H2,1-5H3,(H,18,19,20). The third kappa shape index (κ3) is 4.32. The maximum absolute atomic E-state index is 12.2. The summed E-state index contributed by atoms with van der Waals surface area (Å²) in [6.07, 6.45) is 0.861. The molecule has 0 saturated heterocycles. The summed E-state index contributed by atoms with van der Waals surface area (Å²) in [6.45, 7) is 10.7. The molecule has 0 aliphatic heterocycles. The molecule has 0 fully saturated rings. The van der Waals surface area contributed by atoms with Crippen LogP contribution in [0.4, 0.5) is 5.82 Å². The van der Waals surface area contributed by atoms with Crippen molar-refractivity contribution in [1.29, 1.82) is 0 Å². The Labute approximate surface area is 145 Å². The van der Waals surface area contributed by atoms with Crippen molar-refractivity contribution in [1.82, 2.24) is 9.97 Å². The molecule has 126 valence electrons. The van der Waals surface area contributed by atoms with Crippen molar-refractivity contribution >= 4 is 44.9 Å². The molecular formula is C16H22ClN3O2S. The van der Waals surface area contributed by atoms with Crippen molar-refractivity contribution in [2.24, 2.45) is 5.92 Å². The van der Waals surface area contributed by atoms with Gasteiger partial charge in [-0.1, -0.05) is 13.8 Å². The van der Waals surface area contributed by atoms with Crippen LogP contribution in [0, 0.1) is 12.8 Å². The van der Waals surface area contributed by atoms with Gasteiger partial charge >= 0.3 is 5.97 Å². The number of hydrogen-bond acceptors (Lipinski definition) is 6. The number of carbonyl (C=O) groups excluding carboxylic acids is 1. The summed E-state index contributed by atoms with van der Waals surface area (Å²) in [4.78, 5) is 22.0. The Morgan fingerprint density at radius 1 is 1.30 bits per heavy atom. The summed E-state index contributed by atoms with van der Waals surface area (Å²) in [5.41, 5.74) is 0.833. The Bertz CT molecular complexity index is 713. The second kappa shape index (κ2) is 7.45. The molecular weight excluding hydrogens is 334 g/mol. The van der Waals surface area contributed by atoms with E-state index in [0.29, 0.717) is 21.4 Å². The van der Waals surface area contributed by atoms with E-state index in [9.17, 15) is 4.79 Å². The monoisotopic (exact) mass is 355 g/mol. The minimum Gasteiger partial charge on any atom is -0.459 e. The van der Waals surface area contributed by atoms with E-state index in [1.165, 1.54) is 11.3 Å². The number of esters is 1. The first-order valence-corrected chi connectivity index (χ1v) is 8.90. The first kappa shape index (κ1) is 17.9. The van der Waals surface area contributed by atoms with E-state index in [2.05, 4.69) is 29.1 Å². The number of ether oxygens (including phenoxy) is 1. The molecule has 23 heavy (non-hydrogen) atoms. The molecule has 0 saturated carbocycles. The quantitative estimate of drug-likeness (QED) is 0.602. The number of fused-ring (bicyclic) bond motifs is 1. The van der Waals surface area contributed by atoms with Crippen molar-refractivity contribution in [2.75, 3.05) is 11.9 Å². The molecule has 0 aliphatic carbocycles. The fourth-order valence-corrected chi connectivity index (χ4v) is 3.47. The highest BCUT2D eigenvalue weighted by molar-refractivity contribution is 7.20. The SMILES string of the molecule is Cc1c(C(=O)OC(C)C)sc2nc(Cl)nc(NCCC(C)C)c12. The van der Waals surface area contributed by atoms with Gasteiger partial charge in [0.2, 0.25) is 5.28 Å². The molecule has 2 aromatic heterocycles. The van der Waals surface area contributed by atoms with Crippen LogP contribution in [0.1, 0.15) is 49.4 Å². The van der Waals surface area contributed by atoms with Gasteiger partial charge in [0, 0.05) is 6.54 Å². The fraction of sp³-hybridized carbons (Fsp3) is 0.562. The van der Waals surface area contributed by atoms with Gasteiger partial charge in [0.15, 0.2) is 0 Å². The summed E-state index contributed by atoms with van der Waals surface area (Å²) in [7, 11) is 0. The second-order valence-corrected chi connectivity index (χ2v) is 7.48. The van der Waals surface area contributed by atoms with Crippen LogP contribution in [0.2, 0.25) is 5.28 Å². The lowest BCUT2D eigenvalue weighted by molar-refractivity contribution is 0.0383. The summed E-state index contributed by atoms with van der Waals surface area (Å²) in [6, 6.07) is 0. The smallest absolute Gasteiger partial charge is 0.348 e. The molecule has 0 unspecified atom stereocenters. The number of nitrogens with zero attached hydrogens (tertiary/aromatic N) is 2. The topological polar surface area (TPSA) is 64.1 Å². The fourth-order valence-electron chi connectivity index (χ4n) is 2.18. The largest absolute Gasteiger partial charge is 0.459 e. The molecule has 0 bridgehead atoms. The van der Waals surface area contributed by atoms with Crippen molar-refractivity contribution in [3.63, 3.8) is 0 Å². The number of hydrogen-bond donors (Lipinski definition) is 1. The lowest BCUT2D eigenvalue weighted by atomic mass is 10.1. The molecule has 0 aromatic carbocycles. The van der Waals surface area contributed by atoms with Crippen LogP contribution in [-0.4, -0.2) is 28.6 Å². The molecule has 0 radical (unpaired) electrons. The van der Waals surface area contributed by atoms with Gasteiger partial charge in [-0.05, 0) is 50.3 Å². The molecule has 1 N–H and O–H groups in total. The highest BCUT2D eigenvalue weighted by Crippen LogP contribution is 2.35. The van der Waals surface area contributed by atoms with Gasteiger partial charge in [-0.15, -0.1) is 11.3 Å². The highest BCUT2D eigenvalue weighted by atomic mass is 35.5. The van der Waals surface area contributed by atoms with Crippen LogP contribution in [0.5, 0.6) is 0 Å². The van der Waals surface area contributed by atoms with Gasteiger partial charge < -0.3 is 10.1 Å². The lowest BCUT2D eigenvalue weighted by Crippen LogP contribution is -2.11. The van der Waals surface area contributed by atoms with E-state index in [-0.39, 0.29) is 17.4 Å². The van der Waals surface area contributed by atoms with Gasteiger partial charge in [-0.2, -0.15) is 0 Å². The summed E-state index contributed by atoms with van der Waals surface area (Å²) in [5, 5.41) is 4.33. The zero-order valence-corrected chi connectivity index (χ0v) is 15.6. The predicted molar refractivity (Wildman–Crippen MR) is 95.7 cm³/mol. The zero-order chi connectivity index (χ0) is 17.1. The molecule has 0 aliphatic rings. The molecule has 0 spiro atoms. The van der Waals surface area contributed by atoms with Crippen LogP contribution in [-0.2, 0) is 4.74 Å². The molecule has 7 heteroatoms. The molecule has 5 nitrogen and oxygen atoms in total. The number of carbonyl (C=O) groups is 1. The Morgan fingerprint density at radius 3 is 2.61 bits per heavy atom. The van der Waals surface area contributed by atoms with E-state index in [1.807, 2.05) is 20.8 Å². The number of nitrogens with one attached hydrogen (secondary N) is 1. The summed E-state index contributed by atoms with van der Waals surface area (Å²) >= 11 is 7.31. The molecule has 2 heterocycles. The van der Waals surface area contributed by atoms with Crippen LogP contribution < -0.4 is 5.32 Å². The van der Waals surface area contributed by atoms with Crippen LogP contribution in [0.3, 0.4) is 0 Å². The Balaban J connectivity index is 2.40. The first-order chi connectivity index (χ1) is 10.8. The van der Waals surface area contributed by atoms with Gasteiger partial charge in [0.25, 0.3) is 0 Å². The van der Waals surface area contributed by atoms with Crippen molar-refractivity contribution in [2.45, 2.75) is 47.1 Å². The molecule has 2 rings (SSSR count).